The van der Waals surface area contributed by atoms with Crippen molar-refractivity contribution in [3.05, 3.63) is 64.7 Å². The maximum atomic E-state index is 12.1. The topological polar surface area (TPSA) is 43.6 Å². The fourth-order valence-electron chi connectivity index (χ4n) is 3.41. The number of aldehydes is 1. The molecule has 0 N–H and O–H groups in total. The normalized spacial score (nSPS) is 11.1. The molecule has 2 aromatic carbocycles. The third-order valence-electron chi connectivity index (χ3n) is 4.61. The van der Waals surface area contributed by atoms with Crippen molar-refractivity contribution in [2.45, 2.75) is 20.8 Å². The molecule has 0 amide bonds. The first kappa shape index (κ1) is 17.5. The van der Waals surface area contributed by atoms with Crippen molar-refractivity contribution >= 4 is 22.6 Å². The summed E-state index contributed by atoms with van der Waals surface area (Å²) in [6, 6.07) is 14.1. The second-order valence-electron chi connectivity index (χ2n) is 6.45. The maximum Gasteiger partial charge on any atom is 0.195 e. The molecule has 2 aromatic heterocycles. The molecule has 0 aliphatic carbocycles. The van der Waals surface area contributed by atoms with Gasteiger partial charge in [-0.15, -0.1) is 11.3 Å². The largest absolute Gasteiger partial charge is 0.493 e. The molecule has 136 valence electrons. The van der Waals surface area contributed by atoms with Crippen LogP contribution in [0.15, 0.2) is 47.8 Å². The van der Waals surface area contributed by atoms with E-state index in [0.717, 1.165) is 45.1 Å². The number of benzene rings is 2. The third kappa shape index (κ3) is 2.94. The van der Waals surface area contributed by atoms with E-state index in [9.17, 15) is 4.79 Å². The standard InChI is InChI=1S/C22H20N2O2S/c1-4-26-20-8-6-5-7-17(20)19-13-27-22-23-21(18(12-25)24(19)22)16-10-9-14(2)11-15(16)3/h5-13H,4H2,1-3H3. The molecular formula is C22H20N2O2S. The van der Waals surface area contributed by atoms with Crippen LogP contribution in [0.3, 0.4) is 0 Å². The van der Waals surface area contributed by atoms with Gasteiger partial charge in [-0.25, -0.2) is 4.98 Å². The van der Waals surface area contributed by atoms with Crippen LogP contribution in [-0.2, 0) is 0 Å². The van der Waals surface area contributed by atoms with Gasteiger partial charge in [0, 0.05) is 16.5 Å². The Morgan fingerprint density at radius 3 is 2.70 bits per heavy atom. The number of carbonyl (C=O) groups excluding carboxylic acids is 1. The third-order valence-corrected chi connectivity index (χ3v) is 5.44. The van der Waals surface area contributed by atoms with Gasteiger partial charge < -0.3 is 4.74 Å². The van der Waals surface area contributed by atoms with Crippen molar-refractivity contribution in [1.82, 2.24) is 9.38 Å². The monoisotopic (exact) mass is 376 g/mol. The Hall–Kier alpha value is -2.92. The quantitative estimate of drug-likeness (QED) is 0.428. The van der Waals surface area contributed by atoms with Crippen LogP contribution >= 0.6 is 11.3 Å². The van der Waals surface area contributed by atoms with E-state index in [-0.39, 0.29) is 0 Å². The van der Waals surface area contributed by atoms with E-state index in [1.54, 1.807) is 0 Å². The lowest BCUT2D eigenvalue weighted by Crippen LogP contribution is -1.98. The van der Waals surface area contributed by atoms with Gasteiger partial charge in [0.15, 0.2) is 11.2 Å². The molecule has 0 atom stereocenters. The molecule has 4 rings (SSSR count). The highest BCUT2D eigenvalue weighted by atomic mass is 32.1. The number of para-hydroxylation sites is 1. The first-order valence-electron chi connectivity index (χ1n) is 8.89. The lowest BCUT2D eigenvalue weighted by atomic mass is 10.0. The number of aryl methyl sites for hydroxylation is 2. The van der Waals surface area contributed by atoms with Crippen molar-refractivity contribution in [1.29, 1.82) is 0 Å². The Morgan fingerprint density at radius 1 is 1.15 bits per heavy atom. The molecule has 0 aliphatic heterocycles. The van der Waals surface area contributed by atoms with E-state index < -0.39 is 0 Å². The van der Waals surface area contributed by atoms with Crippen LogP contribution in [-0.4, -0.2) is 22.3 Å². The Balaban J connectivity index is 1.96. The molecule has 4 aromatic rings. The summed E-state index contributed by atoms with van der Waals surface area (Å²) in [7, 11) is 0. The molecule has 5 heteroatoms. The number of nitrogens with zero attached hydrogens (tertiary/aromatic N) is 2. The summed E-state index contributed by atoms with van der Waals surface area (Å²) in [6.45, 7) is 6.66. The van der Waals surface area contributed by atoms with Crippen LogP contribution in [0.25, 0.3) is 27.5 Å². The molecular weight excluding hydrogens is 356 g/mol. The molecule has 0 aliphatic rings. The average molecular weight is 376 g/mol. The van der Waals surface area contributed by atoms with Crippen LogP contribution in [0, 0.1) is 13.8 Å². The predicted octanol–water partition coefficient (Wildman–Crippen LogP) is 5.56. The van der Waals surface area contributed by atoms with Crippen molar-refractivity contribution in [3.63, 3.8) is 0 Å². The van der Waals surface area contributed by atoms with Gasteiger partial charge in [-0.2, -0.15) is 0 Å². The number of hydrogen-bond acceptors (Lipinski definition) is 4. The molecule has 0 bridgehead atoms. The SMILES string of the molecule is CCOc1ccccc1-c1csc2nc(-c3ccc(C)cc3C)c(C=O)n12. The highest BCUT2D eigenvalue weighted by Crippen LogP contribution is 2.37. The van der Waals surface area contributed by atoms with Gasteiger partial charge in [-0.1, -0.05) is 35.9 Å². The first-order chi connectivity index (χ1) is 13.1. The summed E-state index contributed by atoms with van der Waals surface area (Å²) in [4.78, 5) is 17.6. The minimum atomic E-state index is 0.569. The van der Waals surface area contributed by atoms with E-state index in [0.29, 0.717) is 12.3 Å². The van der Waals surface area contributed by atoms with Crippen molar-refractivity contribution in [2.75, 3.05) is 6.61 Å². The summed E-state index contributed by atoms with van der Waals surface area (Å²) in [6.07, 6.45) is 0.897. The number of carbonyl (C=O) groups is 1. The number of fused-ring (bicyclic) bond motifs is 1. The molecule has 0 spiro atoms. The number of imidazole rings is 1. The van der Waals surface area contributed by atoms with Gasteiger partial charge in [0.1, 0.15) is 17.1 Å². The summed E-state index contributed by atoms with van der Waals surface area (Å²) in [5.41, 5.74) is 6.46. The van der Waals surface area contributed by atoms with Crippen LogP contribution < -0.4 is 4.74 Å². The predicted molar refractivity (Wildman–Crippen MR) is 110 cm³/mol. The highest BCUT2D eigenvalue weighted by molar-refractivity contribution is 7.15. The smallest absolute Gasteiger partial charge is 0.195 e. The van der Waals surface area contributed by atoms with Crippen molar-refractivity contribution in [3.8, 4) is 28.3 Å². The summed E-state index contributed by atoms with van der Waals surface area (Å²) >= 11 is 1.53. The van der Waals surface area contributed by atoms with Crippen LogP contribution in [0.4, 0.5) is 0 Å². The molecule has 0 saturated heterocycles. The number of aromatic nitrogens is 2. The van der Waals surface area contributed by atoms with E-state index in [2.05, 4.69) is 26.0 Å². The van der Waals surface area contributed by atoms with Crippen molar-refractivity contribution in [2.24, 2.45) is 0 Å². The van der Waals surface area contributed by atoms with Crippen LogP contribution in [0.5, 0.6) is 5.75 Å². The second-order valence-corrected chi connectivity index (χ2v) is 7.29. The van der Waals surface area contributed by atoms with Gasteiger partial charge >= 0.3 is 0 Å². The average Bonchev–Trinajstić information content (AvgIpc) is 3.21. The zero-order valence-corrected chi connectivity index (χ0v) is 16.3. The van der Waals surface area contributed by atoms with Crippen molar-refractivity contribution < 1.29 is 9.53 Å². The first-order valence-corrected chi connectivity index (χ1v) is 9.77. The number of hydrogen-bond donors (Lipinski definition) is 0. The Bertz CT molecular complexity index is 1140. The van der Waals surface area contributed by atoms with Gasteiger partial charge in [-0.3, -0.25) is 9.20 Å². The molecule has 0 fully saturated rings. The Kier molecular flexibility index (Phi) is 4.54. The molecule has 0 radical (unpaired) electrons. The van der Waals surface area contributed by atoms with Crippen LogP contribution in [0.1, 0.15) is 28.5 Å². The number of ether oxygens (including phenoxy) is 1. The fraction of sp³-hybridized carbons (Fsp3) is 0.182. The maximum absolute atomic E-state index is 12.1. The fourth-order valence-corrected chi connectivity index (χ4v) is 4.31. The molecule has 0 unspecified atom stereocenters. The number of rotatable bonds is 5. The van der Waals surface area contributed by atoms with Gasteiger partial charge in [0.2, 0.25) is 0 Å². The Labute approximate surface area is 162 Å². The molecule has 4 nitrogen and oxygen atoms in total. The molecule has 2 heterocycles. The summed E-state index contributed by atoms with van der Waals surface area (Å²) in [5, 5.41) is 2.03. The van der Waals surface area contributed by atoms with E-state index in [4.69, 9.17) is 9.72 Å². The van der Waals surface area contributed by atoms with Gasteiger partial charge in [-0.05, 0) is 38.5 Å². The molecule has 0 saturated carbocycles. The van der Waals surface area contributed by atoms with Crippen LogP contribution in [0.2, 0.25) is 0 Å². The summed E-state index contributed by atoms with van der Waals surface area (Å²) < 4.78 is 7.72. The zero-order valence-electron chi connectivity index (χ0n) is 15.5. The van der Waals surface area contributed by atoms with E-state index in [1.807, 2.05) is 47.0 Å². The number of thiazole rings is 1. The minimum absolute atomic E-state index is 0.569. The van der Waals surface area contributed by atoms with E-state index >= 15 is 0 Å². The van der Waals surface area contributed by atoms with Gasteiger partial charge in [0.05, 0.1) is 12.3 Å². The second kappa shape index (κ2) is 7.00. The summed E-state index contributed by atoms with van der Waals surface area (Å²) in [5.74, 6) is 0.804. The highest BCUT2D eigenvalue weighted by Gasteiger charge is 2.21. The zero-order chi connectivity index (χ0) is 19.0. The lowest BCUT2D eigenvalue weighted by molar-refractivity contribution is 0.111. The van der Waals surface area contributed by atoms with Gasteiger partial charge in [0.25, 0.3) is 0 Å². The molecule has 27 heavy (non-hydrogen) atoms. The van der Waals surface area contributed by atoms with E-state index in [1.165, 1.54) is 16.9 Å². The minimum Gasteiger partial charge on any atom is -0.493 e. The Morgan fingerprint density at radius 2 is 1.96 bits per heavy atom. The lowest BCUT2D eigenvalue weighted by Gasteiger charge is -2.10.